The molecule has 3 heteroatoms. The van der Waals surface area contributed by atoms with Gasteiger partial charge in [-0.3, -0.25) is 0 Å². The number of hydrogen-bond acceptors (Lipinski definition) is 2. The Morgan fingerprint density at radius 3 is 2.42 bits per heavy atom. The summed E-state index contributed by atoms with van der Waals surface area (Å²) < 4.78 is 19.2. The first-order valence-corrected chi connectivity index (χ1v) is 6.20. The van der Waals surface area contributed by atoms with Gasteiger partial charge < -0.3 is 10.5 Å². The summed E-state index contributed by atoms with van der Waals surface area (Å²) in [6, 6.07) is 14.3. The van der Waals surface area contributed by atoms with Crippen LogP contribution in [0.4, 0.5) is 4.39 Å². The number of para-hydroxylation sites is 1. The number of hydrogen-bond donors (Lipinski definition) is 1. The maximum atomic E-state index is 13.9. The van der Waals surface area contributed by atoms with Crippen molar-refractivity contribution in [3.63, 3.8) is 0 Å². The van der Waals surface area contributed by atoms with E-state index in [-0.39, 0.29) is 5.82 Å². The van der Waals surface area contributed by atoms with Crippen LogP contribution in [-0.4, -0.2) is 7.11 Å². The van der Waals surface area contributed by atoms with Crippen LogP contribution < -0.4 is 10.5 Å². The first kappa shape index (κ1) is 13.6. The highest BCUT2D eigenvalue weighted by molar-refractivity contribution is 5.37. The molecule has 0 aliphatic rings. The molecule has 2 N–H and O–H groups in total. The largest absolute Gasteiger partial charge is 0.496 e. The molecule has 0 bridgehead atoms. The quantitative estimate of drug-likeness (QED) is 0.914. The molecule has 19 heavy (non-hydrogen) atoms. The van der Waals surface area contributed by atoms with Crippen molar-refractivity contribution in [2.24, 2.45) is 5.73 Å². The first-order valence-electron chi connectivity index (χ1n) is 6.20. The maximum absolute atomic E-state index is 13.9. The van der Waals surface area contributed by atoms with Gasteiger partial charge in [0.25, 0.3) is 0 Å². The smallest absolute Gasteiger partial charge is 0.128 e. The minimum Gasteiger partial charge on any atom is -0.496 e. The SMILES string of the molecule is COc1ccccc1CC(C)(N)c1ccccc1F. The van der Waals surface area contributed by atoms with Gasteiger partial charge in [0.2, 0.25) is 0 Å². The molecule has 1 atom stereocenters. The van der Waals surface area contributed by atoms with E-state index in [1.165, 1.54) is 6.07 Å². The molecule has 0 aromatic heterocycles. The fourth-order valence-electron chi connectivity index (χ4n) is 2.26. The van der Waals surface area contributed by atoms with Crippen molar-refractivity contribution in [3.8, 4) is 5.75 Å². The van der Waals surface area contributed by atoms with Crippen LogP contribution in [0.3, 0.4) is 0 Å². The van der Waals surface area contributed by atoms with Gasteiger partial charge in [0, 0.05) is 11.1 Å². The van der Waals surface area contributed by atoms with Crippen molar-refractivity contribution in [3.05, 3.63) is 65.5 Å². The Balaban J connectivity index is 2.34. The molecule has 0 aliphatic carbocycles. The lowest BCUT2D eigenvalue weighted by atomic mass is 9.86. The van der Waals surface area contributed by atoms with Gasteiger partial charge >= 0.3 is 0 Å². The summed E-state index contributed by atoms with van der Waals surface area (Å²) in [6.45, 7) is 1.83. The molecule has 1 unspecified atom stereocenters. The van der Waals surface area contributed by atoms with Gasteiger partial charge in [0.15, 0.2) is 0 Å². The summed E-state index contributed by atoms with van der Waals surface area (Å²) in [4.78, 5) is 0. The molecule has 0 amide bonds. The average molecular weight is 259 g/mol. The first-order chi connectivity index (χ1) is 9.04. The standard InChI is InChI=1S/C16H18FNO/c1-16(18,13-8-4-5-9-14(13)17)11-12-7-3-6-10-15(12)19-2/h3-10H,11,18H2,1-2H3. The number of nitrogens with two attached hydrogens (primary N) is 1. The zero-order valence-corrected chi connectivity index (χ0v) is 11.2. The molecule has 0 heterocycles. The third-order valence-electron chi connectivity index (χ3n) is 3.24. The van der Waals surface area contributed by atoms with E-state index in [0.717, 1.165) is 11.3 Å². The summed E-state index contributed by atoms with van der Waals surface area (Å²) in [7, 11) is 1.62. The van der Waals surface area contributed by atoms with Crippen LogP contribution in [0.15, 0.2) is 48.5 Å². The Morgan fingerprint density at radius 2 is 1.74 bits per heavy atom. The van der Waals surface area contributed by atoms with Gasteiger partial charge in [-0.2, -0.15) is 0 Å². The van der Waals surface area contributed by atoms with Crippen LogP contribution in [0.25, 0.3) is 0 Å². The molecule has 0 fully saturated rings. The zero-order valence-electron chi connectivity index (χ0n) is 11.2. The van der Waals surface area contributed by atoms with E-state index in [9.17, 15) is 4.39 Å². The molecule has 2 rings (SSSR count). The fourth-order valence-corrected chi connectivity index (χ4v) is 2.26. The second-order valence-electron chi connectivity index (χ2n) is 4.89. The fraction of sp³-hybridized carbons (Fsp3) is 0.250. The zero-order chi connectivity index (χ0) is 13.9. The third kappa shape index (κ3) is 2.93. The van der Waals surface area contributed by atoms with E-state index in [1.54, 1.807) is 25.3 Å². The number of benzene rings is 2. The van der Waals surface area contributed by atoms with Crippen molar-refractivity contribution in [2.75, 3.05) is 7.11 Å². The number of rotatable bonds is 4. The Kier molecular flexibility index (Phi) is 3.86. The van der Waals surface area contributed by atoms with Gasteiger partial charge in [-0.15, -0.1) is 0 Å². The van der Waals surface area contributed by atoms with Crippen LogP contribution in [0.1, 0.15) is 18.1 Å². The molecule has 2 aromatic carbocycles. The molecule has 0 saturated carbocycles. The number of methoxy groups -OCH3 is 1. The Hall–Kier alpha value is -1.87. The van der Waals surface area contributed by atoms with Crippen LogP contribution in [0.5, 0.6) is 5.75 Å². The minimum atomic E-state index is -0.778. The Labute approximate surface area is 113 Å². The van der Waals surface area contributed by atoms with Gasteiger partial charge in [-0.05, 0) is 31.0 Å². The van der Waals surface area contributed by atoms with Gasteiger partial charge in [0.05, 0.1) is 7.11 Å². The number of halogens is 1. The molecule has 2 nitrogen and oxygen atoms in total. The summed E-state index contributed by atoms with van der Waals surface area (Å²) in [5.41, 5.74) is 7.01. The Morgan fingerprint density at radius 1 is 1.11 bits per heavy atom. The summed E-state index contributed by atoms with van der Waals surface area (Å²) in [5.74, 6) is 0.498. The molecule has 0 saturated heterocycles. The molecule has 100 valence electrons. The monoisotopic (exact) mass is 259 g/mol. The van der Waals surface area contributed by atoms with E-state index < -0.39 is 5.54 Å². The summed E-state index contributed by atoms with van der Waals surface area (Å²) in [5, 5.41) is 0. The van der Waals surface area contributed by atoms with Crippen LogP contribution in [0, 0.1) is 5.82 Å². The Bertz CT molecular complexity index is 566. The van der Waals surface area contributed by atoms with E-state index in [0.29, 0.717) is 12.0 Å². The highest BCUT2D eigenvalue weighted by atomic mass is 19.1. The molecular weight excluding hydrogens is 241 g/mol. The van der Waals surface area contributed by atoms with Gasteiger partial charge in [-0.25, -0.2) is 4.39 Å². The predicted molar refractivity (Wildman–Crippen MR) is 74.6 cm³/mol. The van der Waals surface area contributed by atoms with Crippen LogP contribution in [0.2, 0.25) is 0 Å². The van der Waals surface area contributed by atoms with E-state index in [4.69, 9.17) is 10.5 Å². The summed E-state index contributed by atoms with van der Waals surface area (Å²) >= 11 is 0. The van der Waals surface area contributed by atoms with Crippen molar-refractivity contribution in [1.82, 2.24) is 0 Å². The maximum Gasteiger partial charge on any atom is 0.128 e. The average Bonchev–Trinajstić information content (AvgIpc) is 2.39. The molecule has 0 spiro atoms. The second-order valence-corrected chi connectivity index (χ2v) is 4.89. The van der Waals surface area contributed by atoms with Crippen molar-refractivity contribution in [1.29, 1.82) is 0 Å². The van der Waals surface area contributed by atoms with Crippen molar-refractivity contribution >= 4 is 0 Å². The highest BCUT2D eigenvalue weighted by Crippen LogP contribution is 2.29. The van der Waals surface area contributed by atoms with Gasteiger partial charge in [0.1, 0.15) is 11.6 Å². The normalized spacial score (nSPS) is 13.9. The van der Waals surface area contributed by atoms with Crippen LogP contribution in [-0.2, 0) is 12.0 Å². The lowest BCUT2D eigenvalue weighted by Crippen LogP contribution is -2.36. The molecule has 2 aromatic rings. The summed E-state index contributed by atoms with van der Waals surface area (Å²) in [6.07, 6.45) is 0.512. The second kappa shape index (κ2) is 5.41. The van der Waals surface area contributed by atoms with Crippen LogP contribution >= 0.6 is 0 Å². The number of ether oxygens (including phenoxy) is 1. The van der Waals surface area contributed by atoms with E-state index in [1.807, 2.05) is 31.2 Å². The minimum absolute atomic E-state index is 0.276. The predicted octanol–water partition coefficient (Wildman–Crippen LogP) is 3.25. The van der Waals surface area contributed by atoms with Crippen molar-refractivity contribution < 1.29 is 9.13 Å². The molecule has 0 radical (unpaired) electrons. The topological polar surface area (TPSA) is 35.2 Å². The van der Waals surface area contributed by atoms with Gasteiger partial charge in [-0.1, -0.05) is 36.4 Å². The van der Waals surface area contributed by atoms with Crippen molar-refractivity contribution in [2.45, 2.75) is 18.9 Å². The van der Waals surface area contributed by atoms with E-state index >= 15 is 0 Å². The lowest BCUT2D eigenvalue weighted by Gasteiger charge is -2.26. The lowest BCUT2D eigenvalue weighted by molar-refractivity contribution is 0.396. The molecular formula is C16H18FNO. The third-order valence-corrected chi connectivity index (χ3v) is 3.24. The van der Waals surface area contributed by atoms with E-state index in [2.05, 4.69) is 0 Å². The molecule has 0 aliphatic heterocycles. The highest BCUT2D eigenvalue weighted by Gasteiger charge is 2.26.